The van der Waals surface area contributed by atoms with E-state index in [4.69, 9.17) is 23.2 Å². The van der Waals surface area contributed by atoms with Crippen LogP contribution in [0, 0.1) is 0 Å². The number of aromatic nitrogens is 1. The van der Waals surface area contributed by atoms with Crippen molar-refractivity contribution in [3.8, 4) is 0 Å². The first-order valence-corrected chi connectivity index (χ1v) is 7.54. The first-order chi connectivity index (χ1) is 9.69. The first-order valence-electron chi connectivity index (χ1n) is 6.78. The molecule has 0 saturated carbocycles. The molecule has 0 aliphatic rings. The van der Waals surface area contributed by atoms with Gasteiger partial charge in [-0.05, 0) is 49.2 Å². The lowest BCUT2D eigenvalue weighted by Gasteiger charge is -2.18. The largest absolute Gasteiger partial charge is 0.308 e. The summed E-state index contributed by atoms with van der Waals surface area (Å²) in [7, 11) is 0. The maximum atomic E-state index is 6.05. The topological polar surface area (TPSA) is 24.9 Å². The number of rotatable bonds is 6. The molecule has 0 radical (unpaired) electrons. The van der Waals surface area contributed by atoms with Crippen LogP contribution in [0.5, 0.6) is 0 Å². The van der Waals surface area contributed by atoms with Gasteiger partial charge in [0, 0.05) is 11.2 Å². The van der Waals surface area contributed by atoms with Gasteiger partial charge in [-0.25, -0.2) is 0 Å². The summed E-state index contributed by atoms with van der Waals surface area (Å²) in [6.07, 6.45) is 3.63. The zero-order chi connectivity index (χ0) is 14.4. The number of hydrogen-bond donors (Lipinski definition) is 1. The third-order valence-corrected chi connectivity index (χ3v) is 3.54. The SMILES string of the molecule is CCCNC(Cc1cccc(Cl)c1)c1ccc(Cl)cn1. The molecule has 0 aliphatic carbocycles. The lowest BCUT2D eigenvalue weighted by molar-refractivity contribution is 0.518. The fraction of sp³-hybridized carbons (Fsp3) is 0.312. The molecule has 1 unspecified atom stereocenters. The number of halogens is 2. The summed E-state index contributed by atoms with van der Waals surface area (Å²) in [6, 6.07) is 12.0. The molecule has 1 aromatic carbocycles. The van der Waals surface area contributed by atoms with E-state index in [1.807, 2.05) is 30.3 Å². The van der Waals surface area contributed by atoms with Crippen LogP contribution in [0.25, 0.3) is 0 Å². The average Bonchev–Trinajstić information content (AvgIpc) is 2.44. The minimum Gasteiger partial charge on any atom is -0.308 e. The zero-order valence-electron chi connectivity index (χ0n) is 11.4. The van der Waals surface area contributed by atoms with Crippen molar-refractivity contribution in [2.75, 3.05) is 6.54 Å². The Morgan fingerprint density at radius 1 is 1.15 bits per heavy atom. The molecular weight excluding hydrogens is 291 g/mol. The normalized spacial score (nSPS) is 12.3. The zero-order valence-corrected chi connectivity index (χ0v) is 13.0. The highest BCUT2D eigenvalue weighted by molar-refractivity contribution is 6.30. The molecule has 0 fully saturated rings. The monoisotopic (exact) mass is 308 g/mol. The molecule has 0 saturated heterocycles. The predicted molar refractivity (Wildman–Crippen MR) is 85.4 cm³/mol. The molecule has 2 rings (SSSR count). The van der Waals surface area contributed by atoms with Crippen molar-refractivity contribution in [3.05, 3.63) is 63.9 Å². The number of nitrogens with one attached hydrogen (secondary N) is 1. The van der Waals surface area contributed by atoms with Crippen molar-refractivity contribution in [2.24, 2.45) is 0 Å². The highest BCUT2D eigenvalue weighted by atomic mass is 35.5. The van der Waals surface area contributed by atoms with Gasteiger partial charge in [0.15, 0.2) is 0 Å². The minimum atomic E-state index is 0.172. The quantitative estimate of drug-likeness (QED) is 0.838. The van der Waals surface area contributed by atoms with Gasteiger partial charge in [-0.2, -0.15) is 0 Å². The van der Waals surface area contributed by atoms with Crippen LogP contribution in [0.2, 0.25) is 10.0 Å². The van der Waals surface area contributed by atoms with Crippen molar-refractivity contribution in [1.82, 2.24) is 10.3 Å². The van der Waals surface area contributed by atoms with Gasteiger partial charge < -0.3 is 5.32 Å². The van der Waals surface area contributed by atoms with E-state index >= 15 is 0 Å². The first kappa shape index (κ1) is 15.3. The maximum Gasteiger partial charge on any atom is 0.0589 e. The van der Waals surface area contributed by atoms with Gasteiger partial charge in [-0.1, -0.05) is 42.3 Å². The molecule has 0 spiro atoms. The molecule has 0 bridgehead atoms. The van der Waals surface area contributed by atoms with Crippen LogP contribution >= 0.6 is 23.2 Å². The second kappa shape index (κ2) is 7.63. The Balaban J connectivity index is 2.16. The van der Waals surface area contributed by atoms with Crippen molar-refractivity contribution in [3.63, 3.8) is 0 Å². The van der Waals surface area contributed by atoms with Crippen LogP contribution in [-0.2, 0) is 6.42 Å². The molecule has 0 amide bonds. The van der Waals surface area contributed by atoms with Crippen LogP contribution in [0.4, 0.5) is 0 Å². The second-order valence-corrected chi connectivity index (χ2v) is 5.61. The molecule has 0 aliphatic heterocycles. The fourth-order valence-corrected chi connectivity index (χ4v) is 2.42. The molecule has 20 heavy (non-hydrogen) atoms. The number of hydrogen-bond acceptors (Lipinski definition) is 2. The Morgan fingerprint density at radius 3 is 2.65 bits per heavy atom. The third kappa shape index (κ3) is 4.48. The van der Waals surface area contributed by atoms with Gasteiger partial charge in [0.05, 0.1) is 16.8 Å². The maximum absolute atomic E-state index is 6.05. The van der Waals surface area contributed by atoms with Gasteiger partial charge in [-0.3, -0.25) is 4.98 Å². The Labute approximate surface area is 130 Å². The van der Waals surface area contributed by atoms with E-state index in [0.717, 1.165) is 30.1 Å². The number of pyridine rings is 1. The van der Waals surface area contributed by atoms with Gasteiger partial charge in [0.1, 0.15) is 0 Å². The summed E-state index contributed by atoms with van der Waals surface area (Å²) < 4.78 is 0. The molecule has 1 aromatic heterocycles. The average molecular weight is 309 g/mol. The Hall–Kier alpha value is -1.09. The van der Waals surface area contributed by atoms with Crippen LogP contribution in [-0.4, -0.2) is 11.5 Å². The van der Waals surface area contributed by atoms with Crippen molar-refractivity contribution >= 4 is 23.2 Å². The fourth-order valence-electron chi connectivity index (χ4n) is 2.09. The van der Waals surface area contributed by atoms with E-state index in [2.05, 4.69) is 23.3 Å². The highest BCUT2D eigenvalue weighted by Crippen LogP contribution is 2.20. The predicted octanol–water partition coefficient (Wildman–Crippen LogP) is 4.67. The Morgan fingerprint density at radius 2 is 2.00 bits per heavy atom. The van der Waals surface area contributed by atoms with E-state index in [1.54, 1.807) is 6.20 Å². The third-order valence-electron chi connectivity index (χ3n) is 3.08. The molecule has 4 heteroatoms. The van der Waals surface area contributed by atoms with E-state index in [0.29, 0.717) is 5.02 Å². The number of benzene rings is 1. The summed E-state index contributed by atoms with van der Waals surface area (Å²) in [5.74, 6) is 0. The van der Waals surface area contributed by atoms with Gasteiger partial charge >= 0.3 is 0 Å². The minimum absolute atomic E-state index is 0.172. The van der Waals surface area contributed by atoms with Crippen molar-refractivity contribution in [2.45, 2.75) is 25.8 Å². The Bertz CT molecular complexity index is 540. The molecule has 2 nitrogen and oxygen atoms in total. The Kier molecular flexibility index (Phi) is 5.84. The molecule has 1 atom stereocenters. The van der Waals surface area contributed by atoms with Crippen LogP contribution in [0.3, 0.4) is 0 Å². The van der Waals surface area contributed by atoms with Crippen molar-refractivity contribution < 1.29 is 0 Å². The van der Waals surface area contributed by atoms with Crippen LogP contribution < -0.4 is 5.32 Å². The van der Waals surface area contributed by atoms with E-state index < -0.39 is 0 Å². The molecule has 2 aromatic rings. The molecule has 106 valence electrons. The van der Waals surface area contributed by atoms with Gasteiger partial charge in [0.25, 0.3) is 0 Å². The summed E-state index contributed by atoms with van der Waals surface area (Å²) in [5, 5.41) is 4.95. The summed E-state index contributed by atoms with van der Waals surface area (Å²) in [5.41, 5.74) is 2.20. The van der Waals surface area contributed by atoms with Gasteiger partial charge in [0.2, 0.25) is 0 Å². The molecular formula is C16H18Cl2N2. The standard InChI is InChI=1S/C16H18Cl2N2/c1-2-8-19-16(15-7-6-14(18)11-20-15)10-12-4-3-5-13(17)9-12/h3-7,9,11,16,19H,2,8,10H2,1H3. The molecule has 1 N–H and O–H groups in total. The van der Waals surface area contributed by atoms with Gasteiger partial charge in [-0.15, -0.1) is 0 Å². The van der Waals surface area contributed by atoms with E-state index in [-0.39, 0.29) is 6.04 Å². The van der Waals surface area contributed by atoms with E-state index in [9.17, 15) is 0 Å². The van der Waals surface area contributed by atoms with Crippen molar-refractivity contribution in [1.29, 1.82) is 0 Å². The lowest BCUT2D eigenvalue weighted by Crippen LogP contribution is -2.24. The van der Waals surface area contributed by atoms with Crippen LogP contribution in [0.1, 0.15) is 30.6 Å². The highest BCUT2D eigenvalue weighted by Gasteiger charge is 2.13. The summed E-state index contributed by atoms with van der Waals surface area (Å²) >= 11 is 11.9. The second-order valence-electron chi connectivity index (χ2n) is 4.74. The molecule has 1 heterocycles. The van der Waals surface area contributed by atoms with Crippen LogP contribution in [0.15, 0.2) is 42.6 Å². The smallest absolute Gasteiger partial charge is 0.0589 e. The summed E-state index contributed by atoms with van der Waals surface area (Å²) in [6.45, 7) is 3.11. The van der Waals surface area contributed by atoms with E-state index in [1.165, 1.54) is 5.56 Å². The number of nitrogens with zero attached hydrogens (tertiary/aromatic N) is 1. The summed E-state index contributed by atoms with van der Waals surface area (Å²) in [4.78, 5) is 4.42. The lowest BCUT2D eigenvalue weighted by atomic mass is 10.0.